The van der Waals surface area contributed by atoms with Gasteiger partial charge in [0.05, 0.1) is 23.5 Å². The Morgan fingerprint density at radius 3 is 2.52 bits per heavy atom. The maximum atomic E-state index is 13.3. The fourth-order valence-electron chi connectivity index (χ4n) is 4.12. The molecule has 1 saturated heterocycles. The number of hydrogen-bond acceptors (Lipinski definition) is 5. The Hall–Kier alpha value is -2.77. The van der Waals surface area contributed by atoms with Gasteiger partial charge in [-0.2, -0.15) is 5.10 Å². The van der Waals surface area contributed by atoms with E-state index in [1.807, 2.05) is 35.9 Å². The molecule has 1 aliphatic heterocycles. The first-order valence-corrected chi connectivity index (χ1v) is 11.0. The van der Waals surface area contributed by atoms with Gasteiger partial charge in [0.2, 0.25) is 0 Å². The number of rotatable bonds is 6. The fourth-order valence-corrected chi connectivity index (χ4v) is 4.12. The second kappa shape index (κ2) is 9.16. The van der Waals surface area contributed by atoms with Gasteiger partial charge in [0.15, 0.2) is 5.65 Å². The highest BCUT2D eigenvalue weighted by molar-refractivity contribution is 5.98. The molecule has 1 amide bonds. The van der Waals surface area contributed by atoms with Crippen molar-refractivity contribution in [2.24, 2.45) is 0 Å². The van der Waals surface area contributed by atoms with Gasteiger partial charge in [-0.3, -0.25) is 9.69 Å². The van der Waals surface area contributed by atoms with E-state index in [-0.39, 0.29) is 18.0 Å². The van der Waals surface area contributed by atoms with E-state index in [9.17, 15) is 4.79 Å². The Balaban J connectivity index is 1.57. The van der Waals surface area contributed by atoms with Gasteiger partial charge in [-0.25, -0.2) is 9.67 Å². The summed E-state index contributed by atoms with van der Waals surface area (Å²) in [5, 5.41) is 8.61. The van der Waals surface area contributed by atoms with Crippen LogP contribution in [-0.4, -0.2) is 70.2 Å². The molecule has 4 rings (SSSR count). The highest BCUT2D eigenvalue weighted by Crippen LogP contribution is 2.21. The highest BCUT2D eigenvalue weighted by Gasteiger charge is 2.23. The number of amides is 1. The lowest BCUT2D eigenvalue weighted by Crippen LogP contribution is -2.47. The molecule has 0 radical (unpaired) electrons. The number of nitrogens with zero attached hydrogens (tertiary/aromatic N) is 5. The quantitative estimate of drug-likeness (QED) is 0.664. The molecule has 7 nitrogen and oxygen atoms in total. The van der Waals surface area contributed by atoms with Gasteiger partial charge in [0.1, 0.15) is 0 Å². The van der Waals surface area contributed by atoms with Crippen LogP contribution >= 0.6 is 0 Å². The average molecular weight is 421 g/mol. The molecule has 1 fully saturated rings. The largest absolute Gasteiger partial charge is 0.344 e. The molecule has 164 valence electrons. The van der Waals surface area contributed by atoms with E-state index in [1.165, 1.54) is 0 Å². The number of aryl methyl sites for hydroxylation is 1. The first-order valence-electron chi connectivity index (χ1n) is 11.0. The number of aromatic nitrogens is 3. The van der Waals surface area contributed by atoms with Crippen LogP contribution in [0.2, 0.25) is 0 Å². The predicted octanol–water partition coefficient (Wildman–Crippen LogP) is 3.04. The van der Waals surface area contributed by atoms with E-state index in [4.69, 9.17) is 4.98 Å². The number of pyridine rings is 1. The summed E-state index contributed by atoms with van der Waals surface area (Å²) in [6.07, 6.45) is 1.79. The maximum absolute atomic E-state index is 13.3. The van der Waals surface area contributed by atoms with Crippen LogP contribution in [0, 0.1) is 6.92 Å². The fraction of sp³-hybridized carbons (Fsp3) is 0.458. The van der Waals surface area contributed by atoms with Crippen LogP contribution in [0.3, 0.4) is 0 Å². The molecule has 1 aromatic carbocycles. The second-order valence-corrected chi connectivity index (χ2v) is 8.76. The lowest BCUT2D eigenvalue weighted by atomic mass is 10.0. The van der Waals surface area contributed by atoms with E-state index in [1.54, 1.807) is 6.20 Å². The van der Waals surface area contributed by atoms with Gasteiger partial charge in [0.25, 0.3) is 5.91 Å². The molecule has 0 aliphatic carbocycles. The monoisotopic (exact) mass is 420 g/mol. The summed E-state index contributed by atoms with van der Waals surface area (Å²) in [6.45, 7) is 11.0. The smallest absolute Gasteiger partial charge is 0.253 e. The van der Waals surface area contributed by atoms with E-state index >= 15 is 0 Å². The number of likely N-dealkylation sites (N-methyl/N-ethyl adjacent to an activating group) is 1. The highest BCUT2D eigenvalue weighted by atomic mass is 16.1. The number of fused-ring (bicyclic) bond motifs is 1. The Labute approximate surface area is 184 Å². The van der Waals surface area contributed by atoms with Crippen LogP contribution in [-0.2, 0) is 0 Å². The topological polar surface area (TPSA) is 66.3 Å². The molecule has 7 heteroatoms. The Bertz CT molecular complexity index is 1040. The minimum Gasteiger partial charge on any atom is -0.344 e. The van der Waals surface area contributed by atoms with Gasteiger partial charge >= 0.3 is 0 Å². The van der Waals surface area contributed by atoms with Crippen molar-refractivity contribution in [3.63, 3.8) is 0 Å². The summed E-state index contributed by atoms with van der Waals surface area (Å²) < 4.78 is 1.89. The number of nitrogens with one attached hydrogen (secondary N) is 1. The maximum Gasteiger partial charge on any atom is 0.253 e. The molecule has 1 atom stereocenters. The Kier molecular flexibility index (Phi) is 6.34. The molecule has 3 heterocycles. The normalized spacial score (nSPS) is 16.7. The van der Waals surface area contributed by atoms with E-state index in [2.05, 4.69) is 53.2 Å². The summed E-state index contributed by atoms with van der Waals surface area (Å²) in [5.74, 6) is -0.0906. The lowest BCUT2D eigenvalue weighted by Gasteiger charge is -2.35. The first kappa shape index (κ1) is 21.5. The van der Waals surface area contributed by atoms with Crippen molar-refractivity contribution in [2.75, 3.05) is 39.8 Å². The average Bonchev–Trinajstić information content (AvgIpc) is 3.17. The number of carbonyl (C=O) groups is 1. The summed E-state index contributed by atoms with van der Waals surface area (Å²) in [7, 11) is 2.15. The standard InChI is InChI=1S/C24H32N6O/c1-17(2)30-23-20(15-25-30)14-21(18(3)26-23)24(31)27-22(19-8-6-5-7-9-19)16-29-12-10-28(4)11-13-29/h5-9,14-15,17,22H,10-13,16H2,1-4H3,(H,27,31). The molecule has 2 aromatic heterocycles. The van der Waals surface area contributed by atoms with Crippen LogP contribution in [0.25, 0.3) is 11.0 Å². The van der Waals surface area contributed by atoms with Crippen molar-refractivity contribution in [3.8, 4) is 0 Å². The van der Waals surface area contributed by atoms with Crippen molar-refractivity contribution < 1.29 is 4.79 Å². The molecule has 0 spiro atoms. The molecule has 1 N–H and O–H groups in total. The molecular weight excluding hydrogens is 388 g/mol. The van der Waals surface area contributed by atoms with Crippen LogP contribution in [0.1, 0.15) is 47.5 Å². The van der Waals surface area contributed by atoms with Crippen molar-refractivity contribution in [3.05, 3.63) is 59.4 Å². The predicted molar refractivity (Wildman–Crippen MR) is 123 cm³/mol. The van der Waals surface area contributed by atoms with Crippen LogP contribution in [0.4, 0.5) is 0 Å². The minimum absolute atomic E-state index is 0.0782. The summed E-state index contributed by atoms with van der Waals surface area (Å²) in [4.78, 5) is 22.8. The number of benzene rings is 1. The zero-order valence-corrected chi connectivity index (χ0v) is 18.9. The van der Waals surface area contributed by atoms with Gasteiger partial charge in [0, 0.05) is 44.2 Å². The van der Waals surface area contributed by atoms with E-state index in [0.717, 1.165) is 55.0 Å². The zero-order chi connectivity index (χ0) is 22.0. The third-order valence-electron chi connectivity index (χ3n) is 6.04. The van der Waals surface area contributed by atoms with Gasteiger partial charge in [-0.15, -0.1) is 0 Å². The van der Waals surface area contributed by atoms with Crippen molar-refractivity contribution in [2.45, 2.75) is 32.9 Å². The molecule has 0 saturated carbocycles. The lowest BCUT2D eigenvalue weighted by molar-refractivity contribution is 0.0906. The number of hydrogen-bond donors (Lipinski definition) is 1. The second-order valence-electron chi connectivity index (χ2n) is 8.76. The summed E-state index contributed by atoms with van der Waals surface area (Å²) in [6, 6.07) is 12.3. The summed E-state index contributed by atoms with van der Waals surface area (Å²) in [5.41, 5.74) is 3.27. The first-order chi connectivity index (χ1) is 14.9. The zero-order valence-electron chi connectivity index (χ0n) is 18.9. The van der Waals surface area contributed by atoms with Crippen molar-refractivity contribution >= 4 is 16.9 Å². The van der Waals surface area contributed by atoms with Gasteiger partial charge in [-0.05, 0) is 39.4 Å². The molecule has 1 aliphatic rings. The van der Waals surface area contributed by atoms with E-state index < -0.39 is 0 Å². The SMILES string of the molecule is Cc1nc2c(cnn2C(C)C)cc1C(=O)NC(CN1CCN(C)CC1)c1ccccc1. The third-order valence-corrected chi connectivity index (χ3v) is 6.04. The van der Waals surface area contributed by atoms with Crippen LogP contribution in [0.5, 0.6) is 0 Å². The van der Waals surface area contributed by atoms with Crippen molar-refractivity contribution in [1.29, 1.82) is 0 Å². The van der Waals surface area contributed by atoms with Crippen LogP contribution < -0.4 is 5.32 Å². The third kappa shape index (κ3) is 4.78. The molecular formula is C24H32N6O. The molecule has 1 unspecified atom stereocenters. The van der Waals surface area contributed by atoms with E-state index in [0.29, 0.717) is 5.56 Å². The Morgan fingerprint density at radius 1 is 1.13 bits per heavy atom. The molecule has 0 bridgehead atoms. The molecule has 31 heavy (non-hydrogen) atoms. The van der Waals surface area contributed by atoms with Gasteiger partial charge < -0.3 is 10.2 Å². The van der Waals surface area contributed by atoms with Crippen molar-refractivity contribution in [1.82, 2.24) is 29.9 Å². The van der Waals surface area contributed by atoms with Crippen LogP contribution in [0.15, 0.2) is 42.6 Å². The Morgan fingerprint density at radius 2 is 1.84 bits per heavy atom. The van der Waals surface area contributed by atoms with Gasteiger partial charge in [-0.1, -0.05) is 30.3 Å². The number of carbonyl (C=O) groups excluding carboxylic acids is 1. The summed E-state index contributed by atoms with van der Waals surface area (Å²) >= 11 is 0. The molecule has 3 aromatic rings. The number of piperazine rings is 1. The minimum atomic E-state index is -0.0906.